The summed E-state index contributed by atoms with van der Waals surface area (Å²) >= 11 is 7.04. The molecule has 3 heterocycles. The molecule has 2 amide bonds. The number of hydrogen-bond donors (Lipinski definition) is 0. The number of benzene rings is 1. The van der Waals surface area contributed by atoms with E-state index in [1.54, 1.807) is 6.92 Å². The number of nitrogens with zero attached hydrogens (tertiary/aromatic N) is 5. The molecule has 238 valence electrons. The second-order valence-corrected chi connectivity index (χ2v) is 12.9. The largest absolute Gasteiger partial charge is 0.550 e. The highest BCUT2D eigenvalue weighted by molar-refractivity contribution is 6.32. The predicted molar refractivity (Wildman–Crippen MR) is 183 cm³/mol. The van der Waals surface area contributed by atoms with Gasteiger partial charge in [0.2, 0.25) is 11.5 Å². The highest BCUT2D eigenvalue weighted by atomic mass is 35.5. The van der Waals surface area contributed by atoms with Gasteiger partial charge >= 0.3 is 5.82 Å². The number of allylic oxidation sites excluding steroid dienone is 7. The Kier molecular flexibility index (Phi) is 9.43. The first-order valence-electron chi connectivity index (χ1n) is 15.7. The Morgan fingerprint density at radius 1 is 1.00 bits per heavy atom. The van der Waals surface area contributed by atoms with Gasteiger partial charge in [-0.25, -0.2) is 4.85 Å². The van der Waals surface area contributed by atoms with Crippen LogP contribution in [0.15, 0.2) is 105 Å². The number of carbonyl (C=O) groups is 2. The fraction of sp³-hybridized carbons (Fsp3) is 0.342. The summed E-state index contributed by atoms with van der Waals surface area (Å²) in [4.78, 5) is 38.0. The molecule has 0 saturated carbocycles. The summed E-state index contributed by atoms with van der Waals surface area (Å²) in [5, 5.41) is 0.670. The highest BCUT2D eigenvalue weighted by Crippen LogP contribution is 2.48. The number of fused-ring (bicyclic) bond motifs is 1. The van der Waals surface area contributed by atoms with Crippen molar-refractivity contribution in [2.45, 2.75) is 70.8 Å². The number of likely N-dealkylation sites (N-methyl/N-ethyl adjacent to an activating group) is 1. The average Bonchev–Trinajstić information content (AvgIpc) is 3.61. The van der Waals surface area contributed by atoms with Crippen molar-refractivity contribution in [2.75, 3.05) is 18.0 Å². The number of carbonyl (C=O) groups excluding carboxylic acids is 2. The van der Waals surface area contributed by atoms with Gasteiger partial charge in [0.15, 0.2) is 0 Å². The van der Waals surface area contributed by atoms with Crippen LogP contribution in [0.1, 0.15) is 65.4 Å². The minimum Gasteiger partial charge on any atom is -0.499 e. The number of rotatable bonds is 8. The van der Waals surface area contributed by atoms with E-state index < -0.39 is 5.60 Å². The molecule has 8 nitrogen and oxygen atoms in total. The average molecular weight is 646 g/mol. The number of amides is 2. The number of hydrogen-bond acceptors (Lipinski definition) is 4. The Balaban J connectivity index is 1.47. The van der Waals surface area contributed by atoms with Gasteiger partial charge < -0.3 is 9.64 Å². The highest BCUT2D eigenvalue weighted by Gasteiger charge is 2.44. The molecule has 0 radical (unpaired) electrons. The van der Waals surface area contributed by atoms with E-state index in [0.717, 1.165) is 41.9 Å². The third-order valence-corrected chi connectivity index (χ3v) is 9.78. The first kappa shape index (κ1) is 33.3. The molecule has 1 atom stereocenters. The van der Waals surface area contributed by atoms with Gasteiger partial charge in [0.05, 0.1) is 6.57 Å². The fourth-order valence-corrected chi connectivity index (χ4v) is 7.13. The van der Waals surface area contributed by atoms with Crippen LogP contribution in [-0.2, 0) is 19.7 Å². The Hall–Kier alpha value is -5.10. The SMILES string of the molecule is [C-]#[N+]C([N+]#[C-])=C1OC(C)(CCCN2C(=O)C=CC2=O)C(/C=C/C2=C(Cl)C(=C/C=C3\N(CC)c4ccccc4C3(C)C)/CCC2)=C1[N+]#[C-]. The Morgan fingerprint density at radius 2 is 1.70 bits per heavy atom. The number of halogens is 1. The van der Waals surface area contributed by atoms with Crippen LogP contribution >= 0.6 is 11.6 Å². The van der Waals surface area contributed by atoms with E-state index in [1.807, 2.05) is 12.2 Å². The van der Waals surface area contributed by atoms with Crippen LogP contribution in [0.4, 0.5) is 5.69 Å². The van der Waals surface area contributed by atoms with Gasteiger partial charge in [-0.15, -0.1) is 0 Å². The minimum absolute atomic E-state index is 0.0428. The second kappa shape index (κ2) is 13.3. The number of imide groups is 1. The molecule has 0 bridgehead atoms. The van der Waals surface area contributed by atoms with Gasteiger partial charge in [0.1, 0.15) is 18.7 Å². The molecule has 1 aliphatic carbocycles. The maximum absolute atomic E-state index is 12.1. The van der Waals surface area contributed by atoms with Crippen LogP contribution in [0.3, 0.4) is 0 Å². The summed E-state index contributed by atoms with van der Waals surface area (Å²) in [6, 6.07) is 8.52. The molecule has 0 saturated heterocycles. The third-order valence-electron chi connectivity index (χ3n) is 9.30. The number of ether oxygens (including phenoxy) is 1. The van der Waals surface area contributed by atoms with Gasteiger partial charge in [0, 0.05) is 52.6 Å². The van der Waals surface area contributed by atoms with Crippen LogP contribution in [0.2, 0.25) is 0 Å². The van der Waals surface area contributed by atoms with Crippen molar-refractivity contribution in [2.24, 2.45) is 0 Å². The summed E-state index contributed by atoms with van der Waals surface area (Å²) in [6.07, 6.45) is 13.8. The summed E-state index contributed by atoms with van der Waals surface area (Å²) in [6.45, 7) is 32.4. The summed E-state index contributed by atoms with van der Waals surface area (Å²) in [5.74, 6) is -1.09. The predicted octanol–water partition coefficient (Wildman–Crippen LogP) is 8.52. The minimum atomic E-state index is -1.07. The van der Waals surface area contributed by atoms with E-state index in [4.69, 9.17) is 36.1 Å². The molecule has 0 fully saturated rings. The first-order chi connectivity index (χ1) is 22.5. The number of anilines is 1. The zero-order valence-electron chi connectivity index (χ0n) is 27.1. The summed E-state index contributed by atoms with van der Waals surface area (Å²) in [7, 11) is 0. The van der Waals surface area contributed by atoms with E-state index >= 15 is 0 Å². The lowest BCUT2D eigenvalue weighted by Gasteiger charge is -2.28. The van der Waals surface area contributed by atoms with Crippen LogP contribution in [-0.4, -0.2) is 35.4 Å². The molecule has 1 aromatic rings. The molecular formula is C38H36ClN5O3. The lowest BCUT2D eigenvalue weighted by Crippen LogP contribution is -2.33. The second-order valence-electron chi connectivity index (χ2n) is 12.5. The van der Waals surface area contributed by atoms with E-state index in [0.29, 0.717) is 23.4 Å². The lowest BCUT2D eigenvalue weighted by molar-refractivity contribution is -0.137. The van der Waals surface area contributed by atoms with Crippen molar-refractivity contribution in [3.8, 4) is 0 Å². The van der Waals surface area contributed by atoms with Gasteiger partial charge in [-0.2, -0.15) is 9.69 Å². The Bertz CT molecular complexity index is 1850. The van der Waals surface area contributed by atoms with Crippen molar-refractivity contribution < 1.29 is 14.3 Å². The van der Waals surface area contributed by atoms with Gasteiger partial charge in [0.25, 0.3) is 11.8 Å². The van der Waals surface area contributed by atoms with Crippen molar-refractivity contribution in [1.82, 2.24) is 4.90 Å². The molecule has 47 heavy (non-hydrogen) atoms. The van der Waals surface area contributed by atoms with Crippen LogP contribution in [0, 0.1) is 19.7 Å². The van der Waals surface area contributed by atoms with Crippen molar-refractivity contribution in [3.05, 3.63) is 145 Å². The normalized spacial score (nSPS) is 23.6. The zero-order chi connectivity index (χ0) is 33.9. The van der Waals surface area contributed by atoms with Crippen molar-refractivity contribution in [3.63, 3.8) is 0 Å². The Labute approximate surface area is 281 Å². The molecule has 3 aliphatic heterocycles. The van der Waals surface area contributed by atoms with E-state index in [-0.39, 0.29) is 41.1 Å². The third kappa shape index (κ3) is 6.08. The standard InChI is InChI=1S/C38H36ClN5O3/c1-8-43-29-16-10-9-15-27(29)37(2,3)30(43)20-18-26-14-11-13-25(33(26)39)17-19-28-34(40-5)35(36(41-6)42-7)47-38(28,4)23-12-24-44-31(45)21-22-32(44)46/h9-10,15-22H,8,11-14,23-24H2,1-4H3/b19-17+,26-18+,30-20-. The van der Waals surface area contributed by atoms with Gasteiger partial charge in [-0.05, 0) is 74.8 Å². The van der Waals surface area contributed by atoms with Crippen LogP contribution < -0.4 is 4.90 Å². The number of para-hydroxylation sites is 1. The van der Waals surface area contributed by atoms with E-state index in [1.165, 1.54) is 29.1 Å². The maximum atomic E-state index is 12.1. The summed E-state index contributed by atoms with van der Waals surface area (Å²) < 4.78 is 6.21. The molecule has 1 unspecified atom stereocenters. The quantitative estimate of drug-likeness (QED) is 0.210. The zero-order valence-corrected chi connectivity index (χ0v) is 27.8. The monoisotopic (exact) mass is 645 g/mol. The van der Waals surface area contributed by atoms with Gasteiger partial charge in [-0.3, -0.25) is 14.5 Å². The molecular weight excluding hydrogens is 610 g/mol. The molecule has 0 spiro atoms. The molecule has 4 aliphatic rings. The smallest absolute Gasteiger partial charge is 0.499 e. The summed E-state index contributed by atoms with van der Waals surface area (Å²) in [5.41, 5.74) is 5.13. The van der Waals surface area contributed by atoms with Crippen LogP contribution in [0.5, 0.6) is 0 Å². The molecule has 0 N–H and O–H groups in total. The van der Waals surface area contributed by atoms with E-state index in [9.17, 15) is 9.59 Å². The molecule has 1 aromatic carbocycles. The van der Waals surface area contributed by atoms with E-state index in [2.05, 4.69) is 76.6 Å². The molecule has 5 rings (SSSR count). The Morgan fingerprint density at radius 3 is 2.36 bits per heavy atom. The topological polar surface area (TPSA) is 62.9 Å². The van der Waals surface area contributed by atoms with Crippen molar-refractivity contribution in [1.29, 1.82) is 0 Å². The molecule has 0 aromatic heterocycles. The molecule has 9 heteroatoms. The van der Waals surface area contributed by atoms with Crippen molar-refractivity contribution >= 4 is 29.1 Å². The lowest BCUT2D eigenvalue weighted by atomic mass is 9.83. The van der Waals surface area contributed by atoms with Gasteiger partial charge in [-0.1, -0.05) is 61.9 Å². The fourth-order valence-electron chi connectivity index (χ4n) is 6.81. The van der Waals surface area contributed by atoms with Crippen LogP contribution in [0.25, 0.3) is 14.5 Å². The maximum Gasteiger partial charge on any atom is 0.550 e. The first-order valence-corrected chi connectivity index (χ1v) is 16.1.